The number of hydrogen-bond acceptors (Lipinski definition) is 4. The van der Waals surface area contributed by atoms with E-state index in [1.165, 1.54) is 18.2 Å². The first-order valence-electron chi connectivity index (χ1n) is 6.57. The average molecular weight is 321 g/mol. The molecule has 114 valence electrons. The van der Waals surface area contributed by atoms with E-state index in [2.05, 4.69) is 5.32 Å². The second-order valence-corrected chi connectivity index (χ2v) is 6.41. The molecule has 0 bridgehead atoms. The van der Waals surface area contributed by atoms with Gasteiger partial charge in [-0.1, -0.05) is 6.07 Å². The molecule has 1 heterocycles. The summed E-state index contributed by atoms with van der Waals surface area (Å²) in [7, 11) is -4.10. The molecule has 0 saturated carbocycles. The van der Waals surface area contributed by atoms with Crippen LogP contribution in [0.1, 0.15) is 12.0 Å². The highest BCUT2D eigenvalue weighted by atomic mass is 32.2. The van der Waals surface area contributed by atoms with Gasteiger partial charge in [0.25, 0.3) is 0 Å². The molecule has 0 spiro atoms. The van der Waals surface area contributed by atoms with Crippen LogP contribution in [0.15, 0.2) is 47.4 Å². The molecule has 1 amide bonds. The third-order valence-electron chi connectivity index (χ3n) is 3.26. The Morgan fingerprint density at radius 2 is 1.91 bits per heavy atom. The van der Waals surface area contributed by atoms with Crippen LogP contribution < -0.4 is 9.50 Å². The smallest absolute Gasteiger partial charge is 0.339 e. The first kappa shape index (κ1) is 14.5. The Kier molecular flexibility index (Phi) is 3.58. The highest BCUT2D eigenvalue weighted by molar-refractivity contribution is 7.87. The monoisotopic (exact) mass is 321 g/mol. The number of benzene rings is 2. The van der Waals surface area contributed by atoms with Crippen LogP contribution in [-0.2, 0) is 21.3 Å². The molecule has 3 rings (SSSR count). The Hall–Kier alpha value is -2.41. The fourth-order valence-electron chi connectivity index (χ4n) is 2.21. The number of aryl methyl sites for hydroxylation is 1. The van der Waals surface area contributed by atoms with E-state index in [1.807, 2.05) is 0 Å². The molecule has 0 radical (unpaired) electrons. The Bertz CT molecular complexity index is 848. The Morgan fingerprint density at radius 1 is 1.09 bits per heavy atom. The van der Waals surface area contributed by atoms with Crippen LogP contribution in [0.4, 0.5) is 10.1 Å². The molecule has 7 heteroatoms. The molecule has 0 aliphatic carbocycles. The third-order valence-corrected chi connectivity index (χ3v) is 4.51. The van der Waals surface area contributed by atoms with Crippen LogP contribution in [0.25, 0.3) is 0 Å². The zero-order chi connectivity index (χ0) is 15.7. The summed E-state index contributed by atoms with van der Waals surface area (Å²) in [6, 6.07) is 9.20. The molecule has 0 atom stereocenters. The van der Waals surface area contributed by atoms with E-state index in [-0.39, 0.29) is 16.6 Å². The summed E-state index contributed by atoms with van der Waals surface area (Å²) in [5.41, 5.74) is 1.44. The van der Waals surface area contributed by atoms with Crippen LogP contribution in [0.2, 0.25) is 0 Å². The lowest BCUT2D eigenvalue weighted by molar-refractivity contribution is -0.116. The third kappa shape index (κ3) is 2.94. The van der Waals surface area contributed by atoms with Crippen molar-refractivity contribution in [2.24, 2.45) is 0 Å². The maximum Gasteiger partial charge on any atom is 0.339 e. The quantitative estimate of drug-likeness (QED) is 0.882. The number of hydrogen-bond donors (Lipinski definition) is 1. The van der Waals surface area contributed by atoms with Gasteiger partial charge in [0.1, 0.15) is 16.5 Å². The van der Waals surface area contributed by atoms with Gasteiger partial charge in [-0.15, -0.1) is 0 Å². The van der Waals surface area contributed by atoms with Crippen LogP contribution in [0.5, 0.6) is 5.75 Å². The van der Waals surface area contributed by atoms with Gasteiger partial charge in [-0.2, -0.15) is 8.42 Å². The van der Waals surface area contributed by atoms with Gasteiger partial charge in [-0.3, -0.25) is 4.79 Å². The van der Waals surface area contributed by atoms with Gasteiger partial charge < -0.3 is 9.50 Å². The Balaban J connectivity index is 1.88. The predicted molar refractivity (Wildman–Crippen MR) is 77.6 cm³/mol. The molecule has 0 aromatic heterocycles. The van der Waals surface area contributed by atoms with Crippen LogP contribution in [0, 0.1) is 5.82 Å². The Labute approximate surface area is 126 Å². The molecule has 2 aromatic carbocycles. The van der Waals surface area contributed by atoms with E-state index in [1.54, 1.807) is 12.1 Å². The van der Waals surface area contributed by atoms with Crippen molar-refractivity contribution in [3.63, 3.8) is 0 Å². The second kappa shape index (κ2) is 5.42. The number of carbonyl (C=O) groups is 1. The second-order valence-electron chi connectivity index (χ2n) is 4.86. The first-order chi connectivity index (χ1) is 10.4. The lowest BCUT2D eigenvalue weighted by atomic mass is 10.0. The lowest BCUT2D eigenvalue weighted by Crippen LogP contribution is -2.19. The first-order valence-corrected chi connectivity index (χ1v) is 7.98. The van der Waals surface area contributed by atoms with Gasteiger partial charge in [-0.05, 0) is 48.4 Å². The van der Waals surface area contributed by atoms with Crippen LogP contribution in [0.3, 0.4) is 0 Å². The summed E-state index contributed by atoms with van der Waals surface area (Å²) in [6.45, 7) is 0. The number of fused-ring (bicyclic) bond motifs is 1. The van der Waals surface area contributed by atoms with Crippen molar-refractivity contribution in [1.82, 2.24) is 0 Å². The molecule has 5 nitrogen and oxygen atoms in total. The topological polar surface area (TPSA) is 72.5 Å². The number of amides is 1. The van der Waals surface area contributed by atoms with Crippen LogP contribution in [-0.4, -0.2) is 14.3 Å². The highest BCUT2D eigenvalue weighted by Crippen LogP contribution is 2.28. The normalized spacial score (nSPS) is 14.1. The van der Waals surface area contributed by atoms with E-state index in [4.69, 9.17) is 4.18 Å². The largest absolute Gasteiger partial charge is 0.379 e. The van der Waals surface area contributed by atoms with Crippen molar-refractivity contribution in [2.45, 2.75) is 17.7 Å². The maximum atomic E-state index is 13.1. The van der Waals surface area contributed by atoms with E-state index < -0.39 is 15.9 Å². The number of halogens is 1. The van der Waals surface area contributed by atoms with E-state index >= 15 is 0 Å². The van der Waals surface area contributed by atoms with Crippen molar-refractivity contribution in [3.05, 3.63) is 53.8 Å². The number of nitrogens with one attached hydrogen (secondary N) is 1. The molecular formula is C15H12FNO4S. The van der Waals surface area contributed by atoms with Crippen molar-refractivity contribution >= 4 is 21.7 Å². The standard InChI is InChI=1S/C15H12FNO4S/c16-11-2-1-3-13(9-11)22(19,20)21-12-5-6-14-10(8-12)4-7-15(18)17-14/h1-3,5-6,8-9H,4,7H2,(H,17,18). The predicted octanol–water partition coefficient (Wildman–Crippen LogP) is 2.48. The summed E-state index contributed by atoms with van der Waals surface area (Å²) in [4.78, 5) is 11.0. The molecule has 0 saturated heterocycles. The van der Waals surface area contributed by atoms with Crippen molar-refractivity contribution in [3.8, 4) is 5.75 Å². The number of anilines is 1. The van der Waals surface area contributed by atoms with E-state index in [0.29, 0.717) is 18.5 Å². The minimum atomic E-state index is -4.10. The fourth-order valence-corrected chi connectivity index (χ4v) is 3.16. The van der Waals surface area contributed by atoms with Crippen molar-refractivity contribution in [2.75, 3.05) is 5.32 Å². The average Bonchev–Trinajstić information content (AvgIpc) is 2.47. The molecule has 2 aromatic rings. The molecule has 0 unspecified atom stereocenters. The maximum absolute atomic E-state index is 13.1. The van der Waals surface area contributed by atoms with Gasteiger partial charge in [-0.25, -0.2) is 4.39 Å². The number of rotatable bonds is 3. The minimum Gasteiger partial charge on any atom is -0.379 e. The minimum absolute atomic E-state index is 0.0754. The SMILES string of the molecule is O=C1CCc2cc(OS(=O)(=O)c3cccc(F)c3)ccc2N1. The zero-order valence-electron chi connectivity index (χ0n) is 11.4. The van der Waals surface area contributed by atoms with Crippen molar-refractivity contribution < 1.29 is 21.8 Å². The zero-order valence-corrected chi connectivity index (χ0v) is 12.2. The highest BCUT2D eigenvalue weighted by Gasteiger charge is 2.20. The molecule has 1 aliphatic heterocycles. The number of carbonyl (C=O) groups excluding carboxylic acids is 1. The molecule has 1 aliphatic rings. The van der Waals surface area contributed by atoms with Gasteiger partial charge in [0.05, 0.1) is 0 Å². The van der Waals surface area contributed by atoms with E-state index in [0.717, 1.165) is 17.7 Å². The van der Waals surface area contributed by atoms with Gasteiger partial charge in [0, 0.05) is 12.1 Å². The Morgan fingerprint density at radius 3 is 2.68 bits per heavy atom. The molecule has 22 heavy (non-hydrogen) atoms. The van der Waals surface area contributed by atoms with E-state index in [9.17, 15) is 17.6 Å². The molecule has 0 fully saturated rings. The molecule has 1 N–H and O–H groups in total. The van der Waals surface area contributed by atoms with Gasteiger partial charge in [0.2, 0.25) is 5.91 Å². The van der Waals surface area contributed by atoms with Gasteiger partial charge >= 0.3 is 10.1 Å². The summed E-state index contributed by atoms with van der Waals surface area (Å²) in [6.07, 6.45) is 0.853. The van der Waals surface area contributed by atoms with Crippen molar-refractivity contribution in [1.29, 1.82) is 0 Å². The molecular weight excluding hydrogens is 309 g/mol. The summed E-state index contributed by atoms with van der Waals surface area (Å²) >= 11 is 0. The summed E-state index contributed by atoms with van der Waals surface area (Å²) in [5.74, 6) is -0.606. The lowest BCUT2D eigenvalue weighted by Gasteiger charge is -2.17. The summed E-state index contributed by atoms with van der Waals surface area (Å²) < 4.78 is 42.4. The van der Waals surface area contributed by atoms with Gasteiger partial charge in [0.15, 0.2) is 0 Å². The summed E-state index contributed by atoms with van der Waals surface area (Å²) in [5, 5.41) is 2.70. The van der Waals surface area contributed by atoms with Crippen LogP contribution >= 0.6 is 0 Å². The fraction of sp³-hybridized carbons (Fsp3) is 0.133.